The normalized spacial score (nSPS) is 19.6. The molecule has 3 heterocycles. The topological polar surface area (TPSA) is 58.4 Å². The third-order valence-electron chi connectivity index (χ3n) is 7.20. The van der Waals surface area contributed by atoms with Crippen molar-refractivity contribution < 1.29 is 26.7 Å². The van der Waals surface area contributed by atoms with E-state index >= 15 is 4.39 Å². The summed E-state index contributed by atoms with van der Waals surface area (Å²) in [5, 5.41) is -0.449. The highest BCUT2D eigenvalue weighted by atomic mass is 35.5. The van der Waals surface area contributed by atoms with Gasteiger partial charge in [-0.05, 0) is 44.2 Å². The maximum absolute atomic E-state index is 15.1. The number of carbonyl (C=O) groups excluding carboxylic acids is 1. The van der Waals surface area contributed by atoms with Crippen LogP contribution in [-0.2, 0) is 17.5 Å². The highest BCUT2D eigenvalue weighted by Gasteiger charge is 2.40. The first-order valence-corrected chi connectivity index (χ1v) is 13.9. The first-order chi connectivity index (χ1) is 18.8. The van der Waals surface area contributed by atoms with Crippen molar-refractivity contribution in [2.75, 3.05) is 23.7 Å². The number of nitrogens with zero attached hydrogens (tertiary/aromatic N) is 4. The number of hydrogen-bond donors (Lipinski definition) is 0. The standard InChI is InChI=1S/C27H24ClF5N4O2S/c1-4-21(38)37-13(2)11-35(12-14(37)3)25-16-8-17(27(31,32)33)22(15-9-18(28)20(30)10-19(15)29)24-23(16)36(26(39)34-25)6-5-7-40-24/h4,8-10,13-14H,1,5-7,11-12H2,2-3H3. The molecule has 0 bridgehead atoms. The predicted octanol–water partition coefficient (Wildman–Crippen LogP) is 6.12. The first-order valence-electron chi connectivity index (χ1n) is 12.5. The zero-order chi connectivity index (χ0) is 29.1. The van der Waals surface area contributed by atoms with Crippen LogP contribution in [0.2, 0.25) is 5.02 Å². The van der Waals surface area contributed by atoms with Gasteiger partial charge in [-0.1, -0.05) is 18.2 Å². The second kappa shape index (κ2) is 10.4. The third-order valence-corrected chi connectivity index (χ3v) is 8.67. The van der Waals surface area contributed by atoms with Crippen molar-refractivity contribution in [1.29, 1.82) is 0 Å². The Balaban J connectivity index is 1.83. The summed E-state index contributed by atoms with van der Waals surface area (Å²) in [7, 11) is 0. The summed E-state index contributed by atoms with van der Waals surface area (Å²) in [5.41, 5.74) is -2.62. The van der Waals surface area contributed by atoms with Crippen molar-refractivity contribution >= 4 is 46.0 Å². The Hall–Kier alpha value is -3.12. The molecule has 1 saturated heterocycles. The minimum Gasteiger partial charge on any atom is -0.352 e. The Morgan fingerprint density at radius 1 is 1.15 bits per heavy atom. The summed E-state index contributed by atoms with van der Waals surface area (Å²) in [4.78, 5) is 33.3. The lowest BCUT2D eigenvalue weighted by Crippen LogP contribution is -2.58. The van der Waals surface area contributed by atoms with E-state index in [1.807, 2.05) is 0 Å². The largest absolute Gasteiger partial charge is 0.417 e. The molecular weight excluding hydrogens is 575 g/mol. The lowest BCUT2D eigenvalue weighted by atomic mass is 9.95. The van der Waals surface area contributed by atoms with Gasteiger partial charge in [-0.3, -0.25) is 9.36 Å². The molecule has 0 spiro atoms. The van der Waals surface area contributed by atoms with Crippen molar-refractivity contribution in [3.05, 3.63) is 63.6 Å². The molecule has 40 heavy (non-hydrogen) atoms. The molecule has 13 heteroatoms. The van der Waals surface area contributed by atoms with E-state index in [-0.39, 0.29) is 59.2 Å². The number of rotatable bonds is 3. The van der Waals surface area contributed by atoms with E-state index in [9.17, 15) is 27.2 Å². The van der Waals surface area contributed by atoms with Gasteiger partial charge in [0.05, 0.1) is 16.1 Å². The zero-order valence-corrected chi connectivity index (χ0v) is 23.1. The molecule has 2 atom stereocenters. The van der Waals surface area contributed by atoms with Gasteiger partial charge in [-0.25, -0.2) is 13.6 Å². The quantitative estimate of drug-likeness (QED) is 0.207. The summed E-state index contributed by atoms with van der Waals surface area (Å²) in [6.45, 7) is 7.75. The number of aryl methyl sites for hydroxylation is 1. The number of carbonyl (C=O) groups is 1. The molecule has 0 saturated carbocycles. The maximum atomic E-state index is 15.1. The molecule has 3 aromatic rings. The Morgan fingerprint density at radius 2 is 1.82 bits per heavy atom. The molecule has 2 aromatic carbocycles. The van der Waals surface area contributed by atoms with Crippen LogP contribution in [0.3, 0.4) is 0 Å². The van der Waals surface area contributed by atoms with Crippen LogP contribution in [0.15, 0.2) is 40.5 Å². The van der Waals surface area contributed by atoms with E-state index in [2.05, 4.69) is 11.6 Å². The highest BCUT2D eigenvalue weighted by molar-refractivity contribution is 7.99. The number of amides is 1. The Bertz CT molecular complexity index is 1600. The van der Waals surface area contributed by atoms with Crippen molar-refractivity contribution in [1.82, 2.24) is 14.5 Å². The van der Waals surface area contributed by atoms with Gasteiger partial charge in [0.1, 0.15) is 17.5 Å². The first kappa shape index (κ1) is 28.4. The van der Waals surface area contributed by atoms with Gasteiger partial charge in [-0.2, -0.15) is 18.2 Å². The minimum atomic E-state index is -4.94. The molecule has 2 aliphatic rings. The predicted molar refractivity (Wildman–Crippen MR) is 145 cm³/mol. The number of piperazine rings is 1. The number of alkyl halides is 3. The van der Waals surface area contributed by atoms with Crippen LogP contribution >= 0.6 is 23.4 Å². The van der Waals surface area contributed by atoms with Gasteiger partial charge in [0.25, 0.3) is 0 Å². The molecule has 1 fully saturated rings. The van der Waals surface area contributed by atoms with E-state index in [0.717, 1.165) is 23.9 Å². The molecule has 2 aliphatic heterocycles. The molecule has 6 nitrogen and oxygen atoms in total. The van der Waals surface area contributed by atoms with Crippen LogP contribution < -0.4 is 10.6 Å². The molecule has 212 valence electrons. The fraction of sp³-hybridized carbons (Fsp3) is 0.370. The zero-order valence-electron chi connectivity index (χ0n) is 21.5. The number of halogens is 6. The molecule has 0 radical (unpaired) electrons. The van der Waals surface area contributed by atoms with Crippen LogP contribution in [-0.4, -0.2) is 51.3 Å². The fourth-order valence-corrected chi connectivity index (χ4v) is 6.98. The second-order valence-corrected chi connectivity index (χ2v) is 11.4. The van der Waals surface area contributed by atoms with Gasteiger partial charge >= 0.3 is 11.9 Å². The van der Waals surface area contributed by atoms with E-state index in [1.165, 1.54) is 10.6 Å². The monoisotopic (exact) mass is 598 g/mol. The molecule has 0 N–H and O–H groups in total. The Morgan fingerprint density at radius 3 is 2.45 bits per heavy atom. The van der Waals surface area contributed by atoms with Gasteiger partial charge in [-0.15, -0.1) is 11.8 Å². The van der Waals surface area contributed by atoms with Crippen LogP contribution in [0, 0.1) is 11.6 Å². The number of hydrogen-bond acceptors (Lipinski definition) is 5. The summed E-state index contributed by atoms with van der Waals surface area (Å²) in [5.74, 6) is -2.18. The van der Waals surface area contributed by atoms with Crippen LogP contribution in [0.5, 0.6) is 0 Å². The van der Waals surface area contributed by atoms with Crippen molar-refractivity contribution in [3.8, 4) is 11.1 Å². The fourth-order valence-electron chi connectivity index (χ4n) is 5.62. The maximum Gasteiger partial charge on any atom is 0.417 e. The van der Waals surface area contributed by atoms with E-state index in [1.54, 1.807) is 23.6 Å². The van der Waals surface area contributed by atoms with Crippen LogP contribution in [0.4, 0.5) is 27.8 Å². The number of anilines is 1. The van der Waals surface area contributed by atoms with Crippen molar-refractivity contribution in [3.63, 3.8) is 0 Å². The smallest absolute Gasteiger partial charge is 0.352 e. The van der Waals surface area contributed by atoms with E-state index in [4.69, 9.17) is 11.6 Å². The molecule has 1 amide bonds. The van der Waals surface area contributed by atoms with Crippen molar-refractivity contribution in [2.24, 2.45) is 0 Å². The minimum absolute atomic E-state index is 0.0474. The Labute approximate surface area is 235 Å². The van der Waals surface area contributed by atoms with E-state index in [0.29, 0.717) is 18.2 Å². The average molecular weight is 599 g/mol. The molecular formula is C27H24ClF5N4O2S. The van der Waals surface area contributed by atoms with Gasteiger partial charge < -0.3 is 9.80 Å². The highest BCUT2D eigenvalue weighted by Crippen LogP contribution is 2.49. The third kappa shape index (κ3) is 4.74. The number of aromatic nitrogens is 2. The SMILES string of the molecule is C=CC(=O)N1C(C)CN(c2nc(=O)n3c4c(c(-c5cc(Cl)c(F)cc5F)c(C(F)(F)F)cc24)SCCC3)CC1C. The van der Waals surface area contributed by atoms with Crippen LogP contribution in [0.25, 0.3) is 22.0 Å². The van der Waals surface area contributed by atoms with Gasteiger partial charge in [0.15, 0.2) is 0 Å². The lowest BCUT2D eigenvalue weighted by molar-refractivity contribution is -0.137. The summed E-state index contributed by atoms with van der Waals surface area (Å²) in [6.07, 6.45) is -3.28. The number of benzene rings is 2. The average Bonchev–Trinajstić information content (AvgIpc) is 3.11. The molecule has 0 aliphatic carbocycles. The van der Waals surface area contributed by atoms with Gasteiger partial charge in [0.2, 0.25) is 5.91 Å². The summed E-state index contributed by atoms with van der Waals surface area (Å²) >= 11 is 6.95. The number of thioether (sulfide) groups is 1. The van der Waals surface area contributed by atoms with Crippen molar-refractivity contribution in [2.45, 2.75) is 50.0 Å². The summed E-state index contributed by atoms with van der Waals surface area (Å²) < 4.78 is 74.4. The van der Waals surface area contributed by atoms with E-state index < -0.39 is 45.2 Å². The molecule has 1 aromatic heterocycles. The van der Waals surface area contributed by atoms with Crippen LogP contribution in [0.1, 0.15) is 25.8 Å². The molecule has 2 unspecified atom stereocenters. The molecule has 5 rings (SSSR count). The second-order valence-electron chi connectivity index (χ2n) is 9.89. The lowest BCUT2D eigenvalue weighted by Gasteiger charge is -2.44. The Kier molecular flexibility index (Phi) is 7.37. The summed E-state index contributed by atoms with van der Waals surface area (Å²) in [6, 6.07) is 1.47. The van der Waals surface area contributed by atoms with Gasteiger partial charge in [0, 0.05) is 59.2 Å².